The highest BCUT2D eigenvalue weighted by atomic mass is 79.9. The number of imidazole rings is 1. The molecule has 0 bridgehead atoms. The average Bonchev–Trinajstić information content (AvgIpc) is 2.45. The summed E-state index contributed by atoms with van der Waals surface area (Å²) < 4.78 is 2.68. The second kappa shape index (κ2) is 3.14. The van der Waals surface area contributed by atoms with Gasteiger partial charge in [0.15, 0.2) is 5.82 Å². The van der Waals surface area contributed by atoms with E-state index in [1.807, 2.05) is 4.57 Å². The molecular formula is C8H10BrN3O. The van der Waals surface area contributed by atoms with Crippen LogP contribution in [0.2, 0.25) is 0 Å². The normalized spacial score (nSPS) is 15.5. The van der Waals surface area contributed by atoms with Crippen LogP contribution in [0.4, 0.5) is 0 Å². The van der Waals surface area contributed by atoms with Crippen LogP contribution in [0, 0.1) is 0 Å². The first-order valence-corrected chi connectivity index (χ1v) is 5.04. The molecule has 0 saturated carbocycles. The van der Waals surface area contributed by atoms with Gasteiger partial charge in [-0.2, -0.15) is 0 Å². The number of nitrogens with two attached hydrogens (primary N) is 1. The van der Waals surface area contributed by atoms with E-state index in [-0.39, 0.29) is 0 Å². The SMILES string of the molecule is NC(=O)c1nc(Br)c2n1CCCC2. The van der Waals surface area contributed by atoms with Crippen molar-refractivity contribution >= 4 is 21.8 Å². The fourth-order valence-corrected chi connectivity index (χ4v) is 2.27. The largest absolute Gasteiger partial charge is 0.363 e. The minimum absolute atomic E-state index is 0.376. The highest BCUT2D eigenvalue weighted by Crippen LogP contribution is 2.24. The Labute approximate surface area is 84.3 Å². The van der Waals surface area contributed by atoms with Crippen molar-refractivity contribution in [3.63, 3.8) is 0 Å². The van der Waals surface area contributed by atoms with Gasteiger partial charge in [-0.1, -0.05) is 0 Å². The molecule has 0 unspecified atom stereocenters. The van der Waals surface area contributed by atoms with Crippen LogP contribution >= 0.6 is 15.9 Å². The minimum Gasteiger partial charge on any atom is -0.363 e. The van der Waals surface area contributed by atoms with Gasteiger partial charge in [0, 0.05) is 6.54 Å². The highest BCUT2D eigenvalue weighted by Gasteiger charge is 2.20. The number of aromatic nitrogens is 2. The summed E-state index contributed by atoms with van der Waals surface area (Å²) in [7, 11) is 0. The van der Waals surface area contributed by atoms with Gasteiger partial charge in [-0.3, -0.25) is 4.79 Å². The van der Waals surface area contributed by atoms with Crippen molar-refractivity contribution in [1.29, 1.82) is 0 Å². The number of halogens is 1. The van der Waals surface area contributed by atoms with E-state index in [4.69, 9.17) is 5.73 Å². The van der Waals surface area contributed by atoms with Gasteiger partial charge in [-0.25, -0.2) is 4.98 Å². The Bertz CT molecular complexity index is 359. The van der Waals surface area contributed by atoms with E-state index in [0.29, 0.717) is 5.82 Å². The summed E-state index contributed by atoms with van der Waals surface area (Å²) >= 11 is 3.33. The van der Waals surface area contributed by atoms with E-state index in [1.165, 1.54) is 0 Å². The molecule has 13 heavy (non-hydrogen) atoms. The number of hydrogen-bond acceptors (Lipinski definition) is 2. The van der Waals surface area contributed by atoms with Gasteiger partial charge in [-0.05, 0) is 35.2 Å². The summed E-state index contributed by atoms with van der Waals surface area (Å²) in [6.07, 6.45) is 3.22. The number of carbonyl (C=O) groups is 1. The maximum Gasteiger partial charge on any atom is 0.284 e. The monoisotopic (exact) mass is 243 g/mol. The summed E-state index contributed by atoms with van der Waals surface area (Å²) in [5.41, 5.74) is 6.31. The molecule has 70 valence electrons. The second-order valence-electron chi connectivity index (χ2n) is 3.15. The summed E-state index contributed by atoms with van der Waals surface area (Å²) in [6.45, 7) is 0.853. The van der Waals surface area contributed by atoms with Gasteiger partial charge in [0.05, 0.1) is 5.69 Å². The Kier molecular flexibility index (Phi) is 2.11. The van der Waals surface area contributed by atoms with Gasteiger partial charge in [0.1, 0.15) is 4.60 Å². The molecule has 0 spiro atoms. The zero-order valence-corrected chi connectivity index (χ0v) is 8.67. The lowest BCUT2D eigenvalue weighted by Gasteiger charge is -2.15. The summed E-state index contributed by atoms with van der Waals surface area (Å²) in [5.74, 6) is -0.0737. The van der Waals surface area contributed by atoms with Gasteiger partial charge in [0.2, 0.25) is 0 Å². The summed E-state index contributed by atoms with van der Waals surface area (Å²) in [6, 6.07) is 0. The third-order valence-corrected chi connectivity index (χ3v) is 2.92. The van der Waals surface area contributed by atoms with E-state index in [2.05, 4.69) is 20.9 Å². The molecule has 1 aromatic heterocycles. The Morgan fingerprint density at radius 1 is 1.54 bits per heavy atom. The van der Waals surface area contributed by atoms with Crippen molar-refractivity contribution < 1.29 is 4.79 Å². The van der Waals surface area contributed by atoms with Crippen LogP contribution in [0.1, 0.15) is 29.2 Å². The lowest BCUT2D eigenvalue weighted by molar-refractivity contribution is 0.0985. The average molecular weight is 244 g/mol. The first-order chi connectivity index (χ1) is 6.20. The zero-order valence-electron chi connectivity index (χ0n) is 7.09. The van der Waals surface area contributed by atoms with Crippen LogP contribution in [-0.2, 0) is 13.0 Å². The Morgan fingerprint density at radius 3 is 3.00 bits per heavy atom. The van der Waals surface area contributed by atoms with E-state index < -0.39 is 5.91 Å². The molecule has 2 N–H and O–H groups in total. The molecule has 0 aliphatic carbocycles. The van der Waals surface area contributed by atoms with Crippen LogP contribution in [-0.4, -0.2) is 15.5 Å². The van der Waals surface area contributed by atoms with Crippen LogP contribution in [0.5, 0.6) is 0 Å². The molecule has 0 fully saturated rings. The maximum atomic E-state index is 11.0. The minimum atomic E-state index is -0.450. The molecule has 1 aromatic rings. The fraction of sp³-hybridized carbons (Fsp3) is 0.500. The molecule has 4 nitrogen and oxygen atoms in total. The van der Waals surface area contributed by atoms with Crippen molar-refractivity contribution in [2.24, 2.45) is 5.73 Å². The van der Waals surface area contributed by atoms with Crippen LogP contribution < -0.4 is 5.73 Å². The maximum absolute atomic E-state index is 11.0. The number of hydrogen-bond donors (Lipinski definition) is 1. The first kappa shape index (κ1) is 8.74. The van der Waals surface area contributed by atoms with E-state index in [1.54, 1.807) is 0 Å². The molecule has 0 radical (unpaired) electrons. The van der Waals surface area contributed by atoms with Crippen molar-refractivity contribution in [3.8, 4) is 0 Å². The fourth-order valence-electron chi connectivity index (χ4n) is 1.69. The van der Waals surface area contributed by atoms with Crippen LogP contribution in [0.3, 0.4) is 0 Å². The Hall–Kier alpha value is -0.840. The number of fused-ring (bicyclic) bond motifs is 1. The summed E-state index contributed by atoms with van der Waals surface area (Å²) in [5, 5.41) is 0. The molecule has 1 aliphatic heterocycles. The zero-order chi connectivity index (χ0) is 9.42. The molecule has 1 amide bonds. The number of carbonyl (C=O) groups excluding carboxylic acids is 1. The molecular weight excluding hydrogens is 234 g/mol. The van der Waals surface area contributed by atoms with Crippen molar-refractivity contribution in [3.05, 3.63) is 16.1 Å². The van der Waals surface area contributed by atoms with Crippen molar-refractivity contribution in [1.82, 2.24) is 9.55 Å². The molecule has 2 rings (SSSR count). The highest BCUT2D eigenvalue weighted by molar-refractivity contribution is 9.10. The third kappa shape index (κ3) is 1.37. The lowest BCUT2D eigenvalue weighted by atomic mass is 10.1. The van der Waals surface area contributed by atoms with Crippen LogP contribution in [0.15, 0.2) is 4.60 Å². The molecule has 0 atom stereocenters. The molecule has 0 aromatic carbocycles. The van der Waals surface area contributed by atoms with E-state index in [0.717, 1.165) is 36.1 Å². The van der Waals surface area contributed by atoms with Gasteiger partial charge >= 0.3 is 0 Å². The molecule has 1 aliphatic rings. The second-order valence-corrected chi connectivity index (χ2v) is 3.90. The van der Waals surface area contributed by atoms with Crippen molar-refractivity contribution in [2.45, 2.75) is 25.8 Å². The third-order valence-electron chi connectivity index (χ3n) is 2.29. The number of primary amides is 1. The van der Waals surface area contributed by atoms with E-state index >= 15 is 0 Å². The van der Waals surface area contributed by atoms with E-state index in [9.17, 15) is 4.79 Å². The van der Waals surface area contributed by atoms with Crippen molar-refractivity contribution in [2.75, 3.05) is 0 Å². The van der Waals surface area contributed by atoms with Gasteiger partial charge in [-0.15, -0.1) is 0 Å². The van der Waals surface area contributed by atoms with Crippen LogP contribution in [0.25, 0.3) is 0 Å². The lowest BCUT2D eigenvalue weighted by Crippen LogP contribution is -2.21. The topological polar surface area (TPSA) is 60.9 Å². The number of nitrogens with zero attached hydrogens (tertiary/aromatic N) is 2. The van der Waals surface area contributed by atoms with Gasteiger partial charge < -0.3 is 10.3 Å². The number of rotatable bonds is 1. The standard InChI is InChI=1S/C8H10BrN3O/c9-6-5-3-1-2-4-12(5)8(11-6)7(10)13/h1-4H2,(H2,10,13). The van der Waals surface area contributed by atoms with Gasteiger partial charge in [0.25, 0.3) is 5.91 Å². The number of amides is 1. The predicted molar refractivity (Wildman–Crippen MR) is 51.4 cm³/mol. The predicted octanol–water partition coefficient (Wildman–Crippen LogP) is 1.08. The molecule has 5 heteroatoms. The smallest absolute Gasteiger partial charge is 0.284 e. The molecule has 0 saturated heterocycles. The Balaban J connectivity index is 2.53. The quantitative estimate of drug-likeness (QED) is 0.803. The first-order valence-electron chi connectivity index (χ1n) is 4.25. The summed E-state index contributed by atoms with van der Waals surface area (Å²) in [4.78, 5) is 15.1. The molecule has 2 heterocycles. The Morgan fingerprint density at radius 2 is 2.31 bits per heavy atom.